The van der Waals surface area contributed by atoms with E-state index >= 15 is 0 Å². The second kappa shape index (κ2) is 5.52. The van der Waals surface area contributed by atoms with Crippen molar-refractivity contribution in [2.24, 2.45) is 17.6 Å². The van der Waals surface area contributed by atoms with Gasteiger partial charge < -0.3 is 16.8 Å². The molecule has 1 aromatic heterocycles. The molecule has 0 fully saturated rings. The van der Waals surface area contributed by atoms with E-state index in [0.717, 1.165) is 6.54 Å². The molecule has 0 aliphatic heterocycles. The van der Waals surface area contributed by atoms with Gasteiger partial charge >= 0.3 is 0 Å². The molecule has 0 aliphatic rings. The van der Waals surface area contributed by atoms with Crippen LogP contribution in [0.1, 0.15) is 31.1 Å². The quantitative estimate of drug-likeness (QED) is 0.721. The number of nitrogen functional groups attached to an aromatic ring is 1. The number of carbonyl (C=O) groups is 1. The number of amides is 1. The zero-order valence-corrected chi connectivity index (χ0v) is 10.5. The molecule has 1 amide bonds. The van der Waals surface area contributed by atoms with Crippen molar-refractivity contribution in [2.45, 2.75) is 20.8 Å². The van der Waals surface area contributed by atoms with E-state index in [1.54, 1.807) is 0 Å². The molecular weight excluding hydrogens is 216 g/mol. The number of nitrogens with one attached hydrogen (secondary N) is 1. The summed E-state index contributed by atoms with van der Waals surface area (Å²) in [5.74, 6) is 1.02. The van der Waals surface area contributed by atoms with E-state index in [2.05, 4.69) is 31.1 Å². The highest BCUT2D eigenvalue weighted by molar-refractivity contribution is 5.98. The lowest BCUT2D eigenvalue weighted by Gasteiger charge is -2.17. The molecule has 0 bridgehead atoms. The first-order valence-corrected chi connectivity index (χ1v) is 5.71. The first-order chi connectivity index (χ1) is 7.91. The number of nitrogens with two attached hydrogens (primary N) is 2. The van der Waals surface area contributed by atoms with Crippen LogP contribution in [0.5, 0.6) is 0 Å². The number of rotatable bonds is 5. The van der Waals surface area contributed by atoms with Crippen LogP contribution in [0.25, 0.3) is 0 Å². The van der Waals surface area contributed by atoms with Gasteiger partial charge in [-0.05, 0) is 17.9 Å². The summed E-state index contributed by atoms with van der Waals surface area (Å²) >= 11 is 0. The Bertz CT molecular complexity index is 403. The van der Waals surface area contributed by atoms with Crippen molar-refractivity contribution in [3.05, 3.63) is 17.8 Å². The van der Waals surface area contributed by atoms with Crippen LogP contribution < -0.4 is 16.8 Å². The molecule has 5 heteroatoms. The molecule has 0 saturated heterocycles. The number of carbonyl (C=O) groups excluding carboxylic acids is 1. The summed E-state index contributed by atoms with van der Waals surface area (Å²) in [4.78, 5) is 15.3. The third-order valence-electron chi connectivity index (χ3n) is 2.90. The van der Waals surface area contributed by atoms with E-state index in [1.165, 1.54) is 12.3 Å². The van der Waals surface area contributed by atoms with Crippen molar-refractivity contribution in [3.63, 3.8) is 0 Å². The SMILES string of the molecule is CC(C)C(C)CNc1ncc(N)cc1C(N)=O. The second-order valence-electron chi connectivity index (χ2n) is 4.63. The van der Waals surface area contributed by atoms with Gasteiger partial charge in [0.05, 0.1) is 17.4 Å². The number of aromatic nitrogens is 1. The van der Waals surface area contributed by atoms with Crippen LogP contribution in [0.4, 0.5) is 11.5 Å². The standard InChI is InChI=1S/C12H20N4O/c1-7(2)8(3)5-15-12-10(11(14)17)4-9(13)6-16-12/h4,6-8H,5,13H2,1-3H3,(H2,14,17)(H,15,16). The molecule has 0 aromatic carbocycles. The van der Waals surface area contributed by atoms with Crippen molar-refractivity contribution in [3.8, 4) is 0 Å². The molecule has 94 valence electrons. The van der Waals surface area contributed by atoms with Crippen molar-refractivity contribution in [2.75, 3.05) is 17.6 Å². The van der Waals surface area contributed by atoms with E-state index < -0.39 is 5.91 Å². The number of hydrogen-bond donors (Lipinski definition) is 3. The zero-order chi connectivity index (χ0) is 13.0. The number of anilines is 2. The minimum atomic E-state index is -0.524. The van der Waals surface area contributed by atoms with E-state index in [1.807, 2.05) is 0 Å². The molecule has 0 saturated carbocycles. The summed E-state index contributed by atoms with van der Waals surface area (Å²) in [7, 11) is 0. The number of pyridine rings is 1. The Kier molecular flexibility index (Phi) is 4.31. The lowest BCUT2D eigenvalue weighted by molar-refractivity contribution is 0.100. The molecule has 1 heterocycles. The smallest absolute Gasteiger partial charge is 0.252 e. The predicted octanol–water partition coefficient (Wildman–Crippen LogP) is 1.47. The molecule has 0 radical (unpaired) electrons. The third-order valence-corrected chi connectivity index (χ3v) is 2.90. The van der Waals surface area contributed by atoms with Gasteiger partial charge in [-0.3, -0.25) is 4.79 Å². The molecular formula is C12H20N4O. The number of hydrogen-bond acceptors (Lipinski definition) is 4. The Morgan fingerprint density at radius 2 is 2.12 bits per heavy atom. The monoisotopic (exact) mass is 236 g/mol. The van der Waals surface area contributed by atoms with Gasteiger partial charge in [-0.2, -0.15) is 0 Å². The zero-order valence-electron chi connectivity index (χ0n) is 10.5. The van der Waals surface area contributed by atoms with Crippen molar-refractivity contribution in [1.29, 1.82) is 0 Å². The van der Waals surface area contributed by atoms with Gasteiger partial charge in [0.15, 0.2) is 0 Å². The molecule has 1 aromatic rings. The van der Waals surface area contributed by atoms with Crippen LogP contribution in [0.3, 0.4) is 0 Å². The predicted molar refractivity (Wildman–Crippen MR) is 69.7 cm³/mol. The summed E-state index contributed by atoms with van der Waals surface area (Å²) in [6.07, 6.45) is 1.51. The third kappa shape index (κ3) is 3.62. The normalized spacial score (nSPS) is 12.5. The summed E-state index contributed by atoms with van der Waals surface area (Å²) in [5.41, 5.74) is 11.6. The van der Waals surface area contributed by atoms with Gasteiger partial charge in [-0.1, -0.05) is 20.8 Å². The van der Waals surface area contributed by atoms with Crippen molar-refractivity contribution >= 4 is 17.4 Å². The van der Waals surface area contributed by atoms with Crippen LogP contribution in [-0.2, 0) is 0 Å². The van der Waals surface area contributed by atoms with Crippen molar-refractivity contribution in [1.82, 2.24) is 4.98 Å². The van der Waals surface area contributed by atoms with Gasteiger partial charge in [0.25, 0.3) is 5.91 Å². The van der Waals surface area contributed by atoms with E-state index in [4.69, 9.17) is 11.5 Å². The maximum atomic E-state index is 11.2. The summed E-state index contributed by atoms with van der Waals surface area (Å²) in [6, 6.07) is 1.54. The molecule has 17 heavy (non-hydrogen) atoms. The summed E-state index contributed by atoms with van der Waals surface area (Å²) < 4.78 is 0. The van der Waals surface area contributed by atoms with E-state index in [-0.39, 0.29) is 0 Å². The first kappa shape index (κ1) is 13.3. The average molecular weight is 236 g/mol. The van der Waals surface area contributed by atoms with Gasteiger partial charge in [0, 0.05) is 6.54 Å². The van der Waals surface area contributed by atoms with Crippen LogP contribution in [0.15, 0.2) is 12.3 Å². The second-order valence-corrected chi connectivity index (χ2v) is 4.63. The van der Waals surface area contributed by atoms with Gasteiger partial charge in [0.2, 0.25) is 0 Å². The van der Waals surface area contributed by atoms with Crippen LogP contribution in [0, 0.1) is 11.8 Å². The Morgan fingerprint density at radius 1 is 1.47 bits per heavy atom. The van der Waals surface area contributed by atoms with Crippen LogP contribution in [0.2, 0.25) is 0 Å². The summed E-state index contributed by atoms with van der Waals surface area (Å²) in [6.45, 7) is 7.18. The Balaban J connectivity index is 2.80. The van der Waals surface area contributed by atoms with Crippen LogP contribution >= 0.6 is 0 Å². The number of primary amides is 1. The van der Waals surface area contributed by atoms with E-state index in [0.29, 0.717) is 28.9 Å². The van der Waals surface area contributed by atoms with Crippen molar-refractivity contribution < 1.29 is 4.79 Å². The lowest BCUT2D eigenvalue weighted by atomic mass is 9.98. The van der Waals surface area contributed by atoms with Crippen LogP contribution in [-0.4, -0.2) is 17.4 Å². The highest BCUT2D eigenvalue weighted by atomic mass is 16.1. The Morgan fingerprint density at radius 3 is 2.65 bits per heavy atom. The average Bonchev–Trinajstić information content (AvgIpc) is 2.26. The fourth-order valence-electron chi connectivity index (χ4n) is 1.30. The van der Waals surface area contributed by atoms with Gasteiger partial charge in [0.1, 0.15) is 5.82 Å². The molecule has 1 atom stereocenters. The number of nitrogens with zero attached hydrogens (tertiary/aromatic N) is 1. The molecule has 5 N–H and O–H groups in total. The fraction of sp³-hybridized carbons (Fsp3) is 0.500. The van der Waals surface area contributed by atoms with Gasteiger partial charge in [-0.25, -0.2) is 4.98 Å². The maximum absolute atomic E-state index is 11.2. The lowest BCUT2D eigenvalue weighted by Crippen LogP contribution is -2.20. The van der Waals surface area contributed by atoms with Gasteiger partial charge in [-0.15, -0.1) is 0 Å². The maximum Gasteiger partial charge on any atom is 0.252 e. The molecule has 1 rings (SSSR count). The summed E-state index contributed by atoms with van der Waals surface area (Å²) in [5, 5.41) is 3.14. The first-order valence-electron chi connectivity index (χ1n) is 5.71. The fourth-order valence-corrected chi connectivity index (χ4v) is 1.30. The topological polar surface area (TPSA) is 94.0 Å². The van der Waals surface area contributed by atoms with E-state index in [9.17, 15) is 4.79 Å². The largest absolute Gasteiger partial charge is 0.397 e. The minimum absolute atomic E-state index is 0.334. The highest BCUT2D eigenvalue weighted by Gasteiger charge is 2.12. The highest BCUT2D eigenvalue weighted by Crippen LogP contribution is 2.17. The molecule has 5 nitrogen and oxygen atoms in total. The molecule has 1 unspecified atom stereocenters. The minimum Gasteiger partial charge on any atom is -0.397 e. The molecule has 0 aliphatic carbocycles. The molecule has 0 spiro atoms. The Labute approximate surface area is 102 Å². The Hall–Kier alpha value is -1.78.